The Balaban J connectivity index is 1.92. The summed E-state index contributed by atoms with van der Waals surface area (Å²) in [6.45, 7) is 5.67. The lowest BCUT2D eigenvalue weighted by Gasteiger charge is -2.15. The highest BCUT2D eigenvalue weighted by molar-refractivity contribution is 5.92. The zero-order chi connectivity index (χ0) is 16.1. The van der Waals surface area contributed by atoms with Crippen molar-refractivity contribution in [3.8, 4) is 0 Å². The van der Waals surface area contributed by atoms with Crippen molar-refractivity contribution in [2.45, 2.75) is 33.1 Å². The number of carbonyl (C=O) groups is 2. The summed E-state index contributed by atoms with van der Waals surface area (Å²) in [5, 5.41) is 2.71. The predicted molar refractivity (Wildman–Crippen MR) is 81.5 cm³/mol. The molecule has 0 radical (unpaired) electrons. The zero-order valence-corrected chi connectivity index (χ0v) is 13.0. The fourth-order valence-corrected chi connectivity index (χ4v) is 2.51. The summed E-state index contributed by atoms with van der Waals surface area (Å²) in [6, 6.07) is 1.61. The van der Waals surface area contributed by atoms with Crippen LogP contribution in [-0.2, 0) is 11.2 Å². The van der Waals surface area contributed by atoms with Crippen molar-refractivity contribution in [2.24, 2.45) is 5.92 Å². The van der Waals surface area contributed by atoms with Crippen molar-refractivity contribution in [3.63, 3.8) is 0 Å². The maximum Gasteiger partial charge on any atom is 0.345 e. The van der Waals surface area contributed by atoms with Gasteiger partial charge in [-0.15, -0.1) is 0 Å². The number of hydrogen-bond donors (Lipinski definition) is 2. The van der Waals surface area contributed by atoms with Gasteiger partial charge in [-0.25, -0.2) is 4.79 Å². The van der Waals surface area contributed by atoms with E-state index in [-0.39, 0.29) is 17.5 Å². The summed E-state index contributed by atoms with van der Waals surface area (Å²) < 4.78 is 0. The van der Waals surface area contributed by atoms with E-state index in [1.54, 1.807) is 11.0 Å². The minimum atomic E-state index is -0.516. The van der Waals surface area contributed by atoms with Crippen LogP contribution < -0.4 is 11.0 Å². The minimum Gasteiger partial charge on any atom is -0.349 e. The topological polar surface area (TPSA) is 95.2 Å². The number of aromatic amines is 1. The average Bonchev–Trinajstić information content (AvgIpc) is 2.83. The molecule has 1 aromatic heterocycles. The Labute approximate surface area is 129 Å². The number of nitrogens with zero attached hydrogens (tertiary/aromatic N) is 2. The van der Waals surface area contributed by atoms with E-state index in [4.69, 9.17) is 0 Å². The lowest BCUT2D eigenvalue weighted by Crippen LogP contribution is -2.36. The van der Waals surface area contributed by atoms with Crippen molar-refractivity contribution in [1.82, 2.24) is 20.2 Å². The fourth-order valence-electron chi connectivity index (χ4n) is 2.51. The number of likely N-dealkylation sites (tertiary alicyclic amines) is 1. The molecule has 1 saturated heterocycles. The molecule has 0 saturated carbocycles. The SMILES string of the molecule is CC(C)Cc1cc(C(=O)NCCN2CCCC2=O)nc(=O)[nH]1. The molecular weight excluding hydrogens is 284 g/mol. The number of nitrogens with one attached hydrogen (secondary N) is 2. The van der Waals surface area contributed by atoms with Gasteiger partial charge in [-0.05, 0) is 24.8 Å². The van der Waals surface area contributed by atoms with E-state index in [1.165, 1.54) is 0 Å². The molecule has 0 aliphatic carbocycles. The standard InChI is InChI=1S/C15H22N4O3/c1-10(2)8-11-9-12(18-15(22)17-11)14(21)16-5-7-19-6-3-4-13(19)20/h9-10H,3-8H2,1-2H3,(H,16,21)(H,17,18,22). The highest BCUT2D eigenvalue weighted by Gasteiger charge is 2.19. The molecule has 2 amide bonds. The van der Waals surface area contributed by atoms with Crippen LogP contribution >= 0.6 is 0 Å². The normalized spacial score (nSPS) is 14.7. The Morgan fingerprint density at radius 2 is 2.23 bits per heavy atom. The third-order valence-corrected chi connectivity index (χ3v) is 3.50. The van der Waals surface area contributed by atoms with Crippen LogP contribution in [0.3, 0.4) is 0 Å². The second-order valence-corrected chi connectivity index (χ2v) is 5.93. The summed E-state index contributed by atoms with van der Waals surface area (Å²) in [5.41, 5.74) is 0.306. The fraction of sp³-hybridized carbons (Fsp3) is 0.600. The van der Waals surface area contributed by atoms with Crippen molar-refractivity contribution < 1.29 is 9.59 Å². The van der Waals surface area contributed by atoms with Gasteiger partial charge in [-0.2, -0.15) is 4.98 Å². The molecule has 1 fully saturated rings. The monoisotopic (exact) mass is 306 g/mol. The Morgan fingerprint density at radius 1 is 1.45 bits per heavy atom. The lowest BCUT2D eigenvalue weighted by molar-refractivity contribution is -0.127. The van der Waals surface area contributed by atoms with E-state index in [1.807, 2.05) is 13.8 Å². The second-order valence-electron chi connectivity index (χ2n) is 5.93. The maximum absolute atomic E-state index is 12.1. The van der Waals surface area contributed by atoms with Crippen LogP contribution in [-0.4, -0.2) is 46.3 Å². The van der Waals surface area contributed by atoms with E-state index in [2.05, 4.69) is 15.3 Å². The van der Waals surface area contributed by atoms with Crippen LogP contribution in [0.15, 0.2) is 10.9 Å². The number of aromatic nitrogens is 2. The molecular formula is C15H22N4O3. The van der Waals surface area contributed by atoms with Gasteiger partial charge in [0.2, 0.25) is 5.91 Å². The number of amides is 2. The quantitative estimate of drug-likeness (QED) is 0.791. The Kier molecular flexibility index (Phi) is 5.30. The van der Waals surface area contributed by atoms with Crippen LogP contribution in [0.25, 0.3) is 0 Å². The predicted octanol–water partition coefficient (Wildman–Crippen LogP) is 0.321. The van der Waals surface area contributed by atoms with Gasteiger partial charge in [0.15, 0.2) is 0 Å². The van der Waals surface area contributed by atoms with E-state index in [0.717, 1.165) is 13.0 Å². The van der Waals surface area contributed by atoms with Gasteiger partial charge in [-0.1, -0.05) is 13.8 Å². The van der Waals surface area contributed by atoms with Crippen LogP contribution in [0, 0.1) is 5.92 Å². The first-order chi connectivity index (χ1) is 10.5. The first-order valence-corrected chi connectivity index (χ1v) is 7.62. The Morgan fingerprint density at radius 3 is 2.86 bits per heavy atom. The first kappa shape index (κ1) is 16.2. The summed E-state index contributed by atoms with van der Waals surface area (Å²) in [4.78, 5) is 43.1. The van der Waals surface area contributed by atoms with Crippen molar-refractivity contribution >= 4 is 11.8 Å². The molecule has 2 N–H and O–H groups in total. The zero-order valence-electron chi connectivity index (χ0n) is 13.0. The van der Waals surface area contributed by atoms with Gasteiger partial charge in [0.05, 0.1) is 0 Å². The summed E-state index contributed by atoms with van der Waals surface area (Å²) >= 11 is 0. The average molecular weight is 306 g/mol. The van der Waals surface area contributed by atoms with Gasteiger partial charge < -0.3 is 15.2 Å². The summed E-state index contributed by atoms with van der Waals surface area (Å²) in [5.74, 6) is 0.112. The molecule has 1 aliphatic heterocycles. The molecule has 1 aromatic rings. The van der Waals surface area contributed by atoms with Gasteiger partial charge in [0, 0.05) is 31.7 Å². The molecule has 0 spiro atoms. The molecule has 0 atom stereocenters. The molecule has 0 unspecified atom stereocenters. The van der Waals surface area contributed by atoms with Gasteiger partial charge >= 0.3 is 5.69 Å². The number of hydrogen-bond acceptors (Lipinski definition) is 4. The number of carbonyl (C=O) groups excluding carboxylic acids is 2. The largest absolute Gasteiger partial charge is 0.349 e. The van der Waals surface area contributed by atoms with Crippen LogP contribution in [0.1, 0.15) is 42.9 Å². The van der Waals surface area contributed by atoms with E-state index in [0.29, 0.717) is 37.5 Å². The first-order valence-electron chi connectivity index (χ1n) is 7.62. The van der Waals surface area contributed by atoms with E-state index < -0.39 is 5.69 Å². The molecule has 7 heteroatoms. The van der Waals surface area contributed by atoms with Crippen LogP contribution in [0.2, 0.25) is 0 Å². The molecule has 0 bridgehead atoms. The minimum absolute atomic E-state index is 0.118. The van der Waals surface area contributed by atoms with Crippen molar-refractivity contribution in [2.75, 3.05) is 19.6 Å². The highest BCUT2D eigenvalue weighted by Crippen LogP contribution is 2.08. The van der Waals surface area contributed by atoms with Crippen molar-refractivity contribution in [1.29, 1.82) is 0 Å². The van der Waals surface area contributed by atoms with Crippen LogP contribution in [0.4, 0.5) is 0 Å². The Hall–Kier alpha value is -2.18. The van der Waals surface area contributed by atoms with E-state index >= 15 is 0 Å². The highest BCUT2D eigenvalue weighted by atomic mass is 16.2. The number of rotatable bonds is 6. The second kappa shape index (κ2) is 7.20. The van der Waals surface area contributed by atoms with Crippen LogP contribution in [0.5, 0.6) is 0 Å². The third-order valence-electron chi connectivity index (χ3n) is 3.50. The third kappa shape index (κ3) is 4.41. The molecule has 0 aromatic carbocycles. The number of H-pyrrole nitrogens is 1. The molecule has 1 aliphatic rings. The van der Waals surface area contributed by atoms with Crippen molar-refractivity contribution in [3.05, 3.63) is 27.9 Å². The molecule has 22 heavy (non-hydrogen) atoms. The smallest absolute Gasteiger partial charge is 0.345 e. The van der Waals surface area contributed by atoms with E-state index in [9.17, 15) is 14.4 Å². The molecule has 120 valence electrons. The van der Waals surface area contributed by atoms with Gasteiger partial charge in [-0.3, -0.25) is 9.59 Å². The van der Waals surface area contributed by atoms with Gasteiger partial charge in [0.25, 0.3) is 5.91 Å². The molecule has 7 nitrogen and oxygen atoms in total. The summed E-state index contributed by atoms with van der Waals surface area (Å²) in [6.07, 6.45) is 2.14. The summed E-state index contributed by atoms with van der Waals surface area (Å²) in [7, 11) is 0. The maximum atomic E-state index is 12.1. The Bertz CT molecular complexity index is 609. The molecule has 2 rings (SSSR count). The lowest BCUT2D eigenvalue weighted by atomic mass is 10.1. The molecule has 2 heterocycles. The van der Waals surface area contributed by atoms with Gasteiger partial charge in [0.1, 0.15) is 5.69 Å².